The van der Waals surface area contributed by atoms with E-state index in [-0.39, 0.29) is 24.0 Å². The number of hydrogen-bond donors (Lipinski definition) is 1. The molecule has 0 aromatic heterocycles. The van der Waals surface area contributed by atoms with Crippen molar-refractivity contribution in [3.8, 4) is 11.5 Å². The maximum absolute atomic E-state index is 13.6. The molecule has 23 heavy (non-hydrogen) atoms. The number of rotatable bonds is 6. The van der Waals surface area contributed by atoms with E-state index in [0.29, 0.717) is 5.56 Å². The molecular weight excluding hydrogens is 304 g/mol. The molecule has 0 aliphatic heterocycles. The monoisotopic (exact) mass is 321 g/mol. The van der Waals surface area contributed by atoms with Gasteiger partial charge >= 0.3 is 0 Å². The summed E-state index contributed by atoms with van der Waals surface area (Å²) >= 11 is 0. The normalized spacial score (nSPS) is 11.7. The third-order valence-electron chi connectivity index (χ3n) is 3.16. The van der Waals surface area contributed by atoms with E-state index >= 15 is 0 Å². The van der Waals surface area contributed by atoms with Gasteiger partial charge in [0.15, 0.2) is 17.7 Å². The van der Waals surface area contributed by atoms with E-state index in [9.17, 15) is 13.6 Å². The van der Waals surface area contributed by atoms with Crippen molar-refractivity contribution in [1.82, 2.24) is 5.32 Å². The van der Waals surface area contributed by atoms with Crippen LogP contribution in [0.3, 0.4) is 0 Å². The molecule has 2 aromatic rings. The van der Waals surface area contributed by atoms with Crippen molar-refractivity contribution in [3.05, 3.63) is 59.7 Å². The number of halogens is 2. The minimum Gasteiger partial charge on any atom is -0.494 e. The third-order valence-corrected chi connectivity index (χ3v) is 3.16. The summed E-state index contributed by atoms with van der Waals surface area (Å²) in [4.78, 5) is 12.0. The van der Waals surface area contributed by atoms with E-state index < -0.39 is 17.7 Å². The molecule has 1 unspecified atom stereocenters. The predicted molar refractivity (Wildman–Crippen MR) is 81.3 cm³/mol. The predicted octanol–water partition coefficient (Wildman–Crippen LogP) is 3.06. The van der Waals surface area contributed by atoms with Crippen LogP contribution in [0, 0.1) is 11.6 Å². The van der Waals surface area contributed by atoms with E-state index in [2.05, 4.69) is 5.32 Å². The van der Waals surface area contributed by atoms with Gasteiger partial charge in [0.25, 0.3) is 5.91 Å². The van der Waals surface area contributed by atoms with Crippen LogP contribution in [-0.4, -0.2) is 19.1 Å². The van der Waals surface area contributed by atoms with Crippen LogP contribution >= 0.6 is 0 Å². The summed E-state index contributed by atoms with van der Waals surface area (Å²) in [5.74, 6) is -0.913. The van der Waals surface area contributed by atoms with Crippen LogP contribution in [0.15, 0.2) is 42.5 Å². The Morgan fingerprint density at radius 2 is 2.00 bits per heavy atom. The number of hydrogen-bond acceptors (Lipinski definition) is 3. The van der Waals surface area contributed by atoms with Crippen LogP contribution in [0.1, 0.15) is 12.5 Å². The lowest BCUT2D eigenvalue weighted by molar-refractivity contribution is -0.127. The van der Waals surface area contributed by atoms with Gasteiger partial charge in [-0.2, -0.15) is 0 Å². The third kappa shape index (κ3) is 4.67. The highest BCUT2D eigenvalue weighted by atomic mass is 19.1. The first-order valence-corrected chi connectivity index (χ1v) is 7.02. The fraction of sp³-hybridized carbons (Fsp3) is 0.235. The zero-order chi connectivity index (χ0) is 16.8. The molecule has 6 heteroatoms. The molecule has 0 spiro atoms. The number of carbonyl (C=O) groups excluding carboxylic acids is 1. The van der Waals surface area contributed by atoms with Crippen molar-refractivity contribution in [1.29, 1.82) is 0 Å². The zero-order valence-electron chi connectivity index (χ0n) is 12.8. The molecule has 1 amide bonds. The van der Waals surface area contributed by atoms with E-state index in [1.807, 2.05) is 0 Å². The first-order chi connectivity index (χ1) is 11.0. The Hall–Kier alpha value is -2.63. The molecule has 0 saturated carbocycles. The maximum Gasteiger partial charge on any atom is 0.261 e. The summed E-state index contributed by atoms with van der Waals surface area (Å²) in [6.45, 7) is 1.70. The van der Waals surface area contributed by atoms with Gasteiger partial charge in [-0.25, -0.2) is 8.78 Å². The number of nitrogens with one attached hydrogen (secondary N) is 1. The minimum absolute atomic E-state index is 0.142. The summed E-state index contributed by atoms with van der Waals surface area (Å²) < 4.78 is 36.8. The summed E-state index contributed by atoms with van der Waals surface area (Å²) in [6.07, 6.45) is -0.806. The van der Waals surface area contributed by atoms with Crippen molar-refractivity contribution < 1.29 is 23.0 Å². The summed E-state index contributed by atoms with van der Waals surface area (Å²) in [7, 11) is 1.38. The van der Waals surface area contributed by atoms with Gasteiger partial charge in [-0.1, -0.05) is 12.1 Å². The highest BCUT2D eigenvalue weighted by Gasteiger charge is 2.15. The Morgan fingerprint density at radius 1 is 1.22 bits per heavy atom. The van der Waals surface area contributed by atoms with Gasteiger partial charge in [-0.15, -0.1) is 0 Å². The molecule has 0 heterocycles. The average Bonchev–Trinajstić information content (AvgIpc) is 2.52. The molecule has 2 aromatic carbocycles. The fourth-order valence-corrected chi connectivity index (χ4v) is 1.95. The van der Waals surface area contributed by atoms with Gasteiger partial charge < -0.3 is 14.8 Å². The lowest BCUT2D eigenvalue weighted by Gasteiger charge is -2.15. The Labute approximate surface area is 133 Å². The van der Waals surface area contributed by atoms with Crippen LogP contribution in [0.4, 0.5) is 8.78 Å². The van der Waals surface area contributed by atoms with Crippen LogP contribution in [0.25, 0.3) is 0 Å². The van der Waals surface area contributed by atoms with Crippen molar-refractivity contribution in [2.45, 2.75) is 19.6 Å². The molecule has 0 radical (unpaired) electrons. The topological polar surface area (TPSA) is 47.6 Å². The first-order valence-electron chi connectivity index (χ1n) is 7.02. The van der Waals surface area contributed by atoms with E-state index in [1.54, 1.807) is 19.1 Å². The largest absolute Gasteiger partial charge is 0.494 e. The highest BCUT2D eigenvalue weighted by molar-refractivity contribution is 5.80. The summed E-state index contributed by atoms with van der Waals surface area (Å²) in [5, 5.41) is 2.63. The number of carbonyl (C=O) groups is 1. The lowest BCUT2D eigenvalue weighted by Crippen LogP contribution is -2.35. The second-order valence-corrected chi connectivity index (χ2v) is 4.90. The van der Waals surface area contributed by atoms with E-state index in [0.717, 1.165) is 0 Å². The molecule has 122 valence electrons. The van der Waals surface area contributed by atoms with Crippen molar-refractivity contribution in [2.75, 3.05) is 7.11 Å². The Bertz CT molecular complexity index is 691. The summed E-state index contributed by atoms with van der Waals surface area (Å²) in [6, 6.07) is 9.97. The van der Waals surface area contributed by atoms with E-state index in [1.165, 1.54) is 37.4 Å². The van der Waals surface area contributed by atoms with Gasteiger partial charge in [-0.3, -0.25) is 4.79 Å². The minimum atomic E-state index is -0.806. The first kappa shape index (κ1) is 16.7. The molecule has 2 rings (SSSR count). The smallest absolute Gasteiger partial charge is 0.261 e. The number of ether oxygens (including phenoxy) is 2. The Morgan fingerprint density at radius 3 is 2.65 bits per heavy atom. The molecule has 0 saturated heterocycles. The Kier molecular flexibility index (Phi) is 5.51. The van der Waals surface area contributed by atoms with Gasteiger partial charge in [0.2, 0.25) is 0 Å². The summed E-state index contributed by atoms with van der Waals surface area (Å²) in [5.41, 5.74) is 0.592. The number of methoxy groups -OCH3 is 1. The van der Waals surface area contributed by atoms with Crippen LogP contribution in [0.2, 0.25) is 0 Å². The van der Waals surface area contributed by atoms with Crippen molar-refractivity contribution in [3.63, 3.8) is 0 Å². The van der Waals surface area contributed by atoms with Crippen LogP contribution in [0.5, 0.6) is 11.5 Å². The molecule has 0 fully saturated rings. The highest BCUT2D eigenvalue weighted by Crippen LogP contribution is 2.18. The molecule has 4 nitrogen and oxygen atoms in total. The van der Waals surface area contributed by atoms with Gasteiger partial charge in [0.05, 0.1) is 7.11 Å². The molecule has 1 atom stereocenters. The number of amides is 1. The van der Waals surface area contributed by atoms with Crippen molar-refractivity contribution >= 4 is 5.91 Å². The second kappa shape index (κ2) is 7.58. The van der Waals surface area contributed by atoms with Crippen LogP contribution in [-0.2, 0) is 11.3 Å². The second-order valence-electron chi connectivity index (χ2n) is 4.90. The molecule has 1 N–H and O–H groups in total. The van der Waals surface area contributed by atoms with Gasteiger partial charge in [-0.05, 0) is 36.8 Å². The maximum atomic E-state index is 13.6. The van der Waals surface area contributed by atoms with Gasteiger partial charge in [0, 0.05) is 12.6 Å². The van der Waals surface area contributed by atoms with Gasteiger partial charge in [0.1, 0.15) is 11.6 Å². The quantitative estimate of drug-likeness (QED) is 0.889. The standard InChI is InChI=1S/C17H17F2NO3/c1-11(23-14-5-3-4-13(18)9-14)17(21)20-10-12-6-7-16(22-2)15(19)8-12/h3-9,11H,10H2,1-2H3,(H,20,21). The fourth-order valence-electron chi connectivity index (χ4n) is 1.95. The lowest BCUT2D eigenvalue weighted by atomic mass is 10.2. The van der Waals surface area contributed by atoms with Crippen LogP contribution < -0.4 is 14.8 Å². The SMILES string of the molecule is COc1ccc(CNC(=O)C(C)Oc2cccc(F)c2)cc1F. The molecular formula is C17H17F2NO3. The zero-order valence-corrected chi connectivity index (χ0v) is 12.8. The molecule has 0 aliphatic carbocycles. The Balaban J connectivity index is 1.90. The average molecular weight is 321 g/mol. The van der Waals surface area contributed by atoms with E-state index in [4.69, 9.17) is 9.47 Å². The van der Waals surface area contributed by atoms with Crippen molar-refractivity contribution in [2.24, 2.45) is 0 Å². The molecule has 0 aliphatic rings. The number of benzene rings is 2. The molecule has 0 bridgehead atoms.